The number of carbonyl (C=O) groups is 2. The highest BCUT2D eigenvalue weighted by Crippen LogP contribution is 2.37. The van der Waals surface area contributed by atoms with E-state index in [1.807, 2.05) is 44.2 Å². The second-order valence-electron chi connectivity index (χ2n) is 10.1. The quantitative estimate of drug-likeness (QED) is 0.215. The average Bonchev–Trinajstić information content (AvgIpc) is 3.38. The Kier molecular flexibility index (Phi) is 8.10. The van der Waals surface area contributed by atoms with Gasteiger partial charge in [-0.05, 0) is 77.7 Å². The van der Waals surface area contributed by atoms with Crippen LogP contribution in [0.3, 0.4) is 0 Å². The monoisotopic (exact) mass is 551 g/mol. The van der Waals surface area contributed by atoms with Crippen molar-refractivity contribution in [2.24, 2.45) is 5.92 Å². The number of hydrogen-bond acceptors (Lipinski definition) is 5. The van der Waals surface area contributed by atoms with Gasteiger partial charge in [-0.25, -0.2) is 4.39 Å². The van der Waals surface area contributed by atoms with Crippen LogP contribution < -0.4 is 15.4 Å². The van der Waals surface area contributed by atoms with Crippen LogP contribution in [-0.4, -0.2) is 30.4 Å². The fourth-order valence-corrected chi connectivity index (χ4v) is 4.46. The third-order valence-electron chi connectivity index (χ3n) is 6.55. The summed E-state index contributed by atoms with van der Waals surface area (Å²) in [5.74, 6) is 0.242. The van der Waals surface area contributed by atoms with Gasteiger partial charge in [0.2, 0.25) is 0 Å². The van der Waals surface area contributed by atoms with Crippen molar-refractivity contribution in [3.8, 4) is 28.2 Å². The Morgan fingerprint density at radius 2 is 1.73 bits per heavy atom. The van der Waals surface area contributed by atoms with E-state index in [0.717, 1.165) is 16.7 Å². The molecule has 0 fully saturated rings. The molecule has 0 spiro atoms. The number of fused-ring (bicyclic) bond motifs is 1. The number of nitrogens with zero attached hydrogens (tertiary/aromatic N) is 1. The van der Waals surface area contributed by atoms with E-state index in [-0.39, 0.29) is 24.2 Å². The van der Waals surface area contributed by atoms with Crippen molar-refractivity contribution >= 4 is 22.8 Å². The fourth-order valence-electron chi connectivity index (χ4n) is 4.46. The molecule has 0 aliphatic rings. The Labute approximate surface area is 237 Å². The number of ether oxygens (including phenoxy) is 1. The summed E-state index contributed by atoms with van der Waals surface area (Å²) in [6, 6.07) is 20.4. The minimum Gasteiger partial charge on any atom is -0.489 e. The number of furan rings is 1. The van der Waals surface area contributed by atoms with Gasteiger partial charge in [0.15, 0.2) is 0 Å². The molecule has 5 aromatic rings. The number of amides is 2. The zero-order chi connectivity index (χ0) is 28.9. The van der Waals surface area contributed by atoms with Crippen LogP contribution in [0.4, 0.5) is 4.39 Å². The number of nitrogens with one attached hydrogen (secondary N) is 2. The number of rotatable bonds is 9. The van der Waals surface area contributed by atoms with Gasteiger partial charge in [0.05, 0.1) is 5.56 Å². The predicted molar refractivity (Wildman–Crippen MR) is 156 cm³/mol. The smallest absolute Gasteiger partial charge is 0.255 e. The number of pyridine rings is 1. The lowest BCUT2D eigenvalue weighted by Gasteiger charge is -2.13. The molecule has 208 valence electrons. The molecule has 2 heterocycles. The summed E-state index contributed by atoms with van der Waals surface area (Å²) in [4.78, 5) is 30.2. The second-order valence-corrected chi connectivity index (χ2v) is 10.1. The van der Waals surface area contributed by atoms with E-state index in [2.05, 4.69) is 15.6 Å². The van der Waals surface area contributed by atoms with Gasteiger partial charge < -0.3 is 19.8 Å². The van der Waals surface area contributed by atoms with Crippen LogP contribution in [0.15, 0.2) is 89.6 Å². The molecule has 2 N–H and O–H groups in total. The Bertz CT molecular complexity index is 1700. The molecular formula is C33H30FN3O4. The molecule has 41 heavy (non-hydrogen) atoms. The molecule has 0 saturated carbocycles. The van der Waals surface area contributed by atoms with E-state index in [1.165, 1.54) is 12.1 Å². The Morgan fingerprint density at radius 1 is 0.951 bits per heavy atom. The van der Waals surface area contributed by atoms with Gasteiger partial charge in [-0.3, -0.25) is 14.6 Å². The number of hydrogen-bond donors (Lipinski definition) is 2. The Hall–Kier alpha value is -4.98. The highest BCUT2D eigenvalue weighted by molar-refractivity contribution is 6.12. The summed E-state index contributed by atoms with van der Waals surface area (Å²) in [7, 11) is 1.55. The van der Waals surface area contributed by atoms with Crippen LogP contribution in [0.25, 0.3) is 33.4 Å². The van der Waals surface area contributed by atoms with Crippen LogP contribution in [0.5, 0.6) is 5.75 Å². The van der Waals surface area contributed by atoms with Crippen molar-refractivity contribution < 1.29 is 23.1 Å². The molecular weight excluding hydrogens is 521 g/mol. The standard InChI is InChI=1S/C33H30FN3O4/c1-20(2)17-37-32(38)25-13-24(14-27(15-25)40-19-21-5-4-12-36-18-21)23-8-11-29-28(16-23)30(33(39)35-3)31(41-29)22-6-9-26(34)10-7-22/h4-16,18,20H,17,19H2,1-3H3,(H,35,39)(H,37,38). The minimum absolute atomic E-state index is 0.208. The number of halogens is 1. The molecule has 2 amide bonds. The molecule has 0 saturated heterocycles. The zero-order valence-corrected chi connectivity index (χ0v) is 23.0. The normalized spacial score (nSPS) is 11.0. The largest absolute Gasteiger partial charge is 0.489 e. The van der Waals surface area contributed by atoms with Crippen LogP contribution in [0, 0.1) is 11.7 Å². The zero-order valence-electron chi connectivity index (χ0n) is 23.0. The first-order valence-corrected chi connectivity index (χ1v) is 13.3. The summed E-state index contributed by atoms with van der Waals surface area (Å²) in [6.07, 6.45) is 3.42. The van der Waals surface area contributed by atoms with E-state index in [4.69, 9.17) is 9.15 Å². The predicted octanol–water partition coefficient (Wildman–Crippen LogP) is 6.63. The molecule has 8 heteroatoms. The van der Waals surface area contributed by atoms with Gasteiger partial charge in [-0.2, -0.15) is 0 Å². The van der Waals surface area contributed by atoms with Gasteiger partial charge >= 0.3 is 0 Å². The van der Waals surface area contributed by atoms with E-state index >= 15 is 0 Å². The van der Waals surface area contributed by atoms with Crippen LogP contribution in [0.1, 0.15) is 40.1 Å². The third kappa shape index (κ3) is 6.27. The first-order chi connectivity index (χ1) is 19.8. The van der Waals surface area contributed by atoms with Crippen molar-refractivity contribution in [1.82, 2.24) is 15.6 Å². The molecule has 3 aromatic carbocycles. The summed E-state index contributed by atoms with van der Waals surface area (Å²) >= 11 is 0. The molecule has 0 atom stereocenters. The molecule has 0 unspecified atom stereocenters. The molecule has 0 radical (unpaired) electrons. The first-order valence-electron chi connectivity index (χ1n) is 13.3. The summed E-state index contributed by atoms with van der Waals surface area (Å²) in [5.41, 5.74) is 4.27. The molecule has 2 aromatic heterocycles. The fraction of sp³-hybridized carbons (Fsp3) is 0.182. The highest BCUT2D eigenvalue weighted by atomic mass is 19.1. The van der Waals surface area contributed by atoms with Crippen molar-refractivity contribution in [1.29, 1.82) is 0 Å². The van der Waals surface area contributed by atoms with Crippen molar-refractivity contribution in [2.45, 2.75) is 20.5 Å². The van der Waals surface area contributed by atoms with Gasteiger partial charge in [0, 0.05) is 48.1 Å². The molecule has 0 aliphatic carbocycles. The van der Waals surface area contributed by atoms with Crippen molar-refractivity contribution in [2.75, 3.05) is 13.6 Å². The molecule has 5 rings (SSSR count). The highest BCUT2D eigenvalue weighted by Gasteiger charge is 2.22. The third-order valence-corrected chi connectivity index (χ3v) is 6.55. The number of carbonyl (C=O) groups excluding carboxylic acids is 2. The van der Waals surface area contributed by atoms with Crippen LogP contribution in [0.2, 0.25) is 0 Å². The molecule has 0 aliphatic heterocycles. The van der Waals surface area contributed by atoms with E-state index in [9.17, 15) is 14.0 Å². The van der Waals surface area contributed by atoms with Gasteiger partial charge in [-0.1, -0.05) is 26.0 Å². The Balaban J connectivity index is 1.58. The van der Waals surface area contributed by atoms with Gasteiger partial charge in [0.1, 0.15) is 29.5 Å². The molecule has 7 nitrogen and oxygen atoms in total. The van der Waals surface area contributed by atoms with E-state index in [0.29, 0.717) is 51.6 Å². The minimum atomic E-state index is -0.382. The summed E-state index contributed by atoms with van der Waals surface area (Å²) < 4.78 is 25.7. The van der Waals surface area contributed by atoms with Gasteiger partial charge in [-0.15, -0.1) is 0 Å². The lowest BCUT2D eigenvalue weighted by atomic mass is 9.98. The SMILES string of the molecule is CNC(=O)c1c(-c2ccc(F)cc2)oc2ccc(-c3cc(OCc4cccnc4)cc(C(=O)NCC(C)C)c3)cc12. The molecule has 0 bridgehead atoms. The maximum atomic E-state index is 13.6. The van der Waals surface area contributed by atoms with Gasteiger partial charge in [0.25, 0.3) is 11.8 Å². The lowest BCUT2D eigenvalue weighted by molar-refractivity contribution is 0.0945. The number of benzene rings is 3. The average molecular weight is 552 g/mol. The topological polar surface area (TPSA) is 93.5 Å². The van der Waals surface area contributed by atoms with E-state index < -0.39 is 0 Å². The Morgan fingerprint density at radius 3 is 2.44 bits per heavy atom. The van der Waals surface area contributed by atoms with Crippen LogP contribution >= 0.6 is 0 Å². The summed E-state index contributed by atoms with van der Waals surface area (Å²) in [5, 5.41) is 6.23. The maximum Gasteiger partial charge on any atom is 0.255 e. The van der Waals surface area contributed by atoms with E-state index in [1.54, 1.807) is 49.8 Å². The lowest BCUT2D eigenvalue weighted by Crippen LogP contribution is -2.27. The second kappa shape index (κ2) is 12.0. The number of aromatic nitrogens is 1. The van der Waals surface area contributed by atoms with Crippen molar-refractivity contribution in [3.63, 3.8) is 0 Å². The van der Waals surface area contributed by atoms with Crippen molar-refractivity contribution in [3.05, 3.63) is 108 Å². The maximum absolute atomic E-state index is 13.6. The van der Waals surface area contributed by atoms with Crippen LogP contribution in [-0.2, 0) is 6.61 Å². The first kappa shape index (κ1) is 27.6. The summed E-state index contributed by atoms with van der Waals surface area (Å²) in [6.45, 7) is 4.89.